The van der Waals surface area contributed by atoms with Gasteiger partial charge in [-0.2, -0.15) is 0 Å². The lowest BCUT2D eigenvalue weighted by Crippen LogP contribution is -2.50. The van der Waals surface area contributed by atoms with Gasteiger partial charge in [-0.1, -0.05) is 18.2 Å². The first-order valence-corrected chi connectivity index (χ1v) is 8.09. The molecule has 1 aromatic carbocycles. The minimum absolute atomic E-state index is 0.0836. The Morgan fingerprint density at radius 2 is 2.14 bits per heavy atom. The second kappa shape index (κ2) is 6.57. The van der Waals surface area contributed by atoms with Gasteiger partial charge in [0.25, 0.3) is 0 Å². The Morgan fingerprint density at radius 1 is 1.36 bits per heavy atom. The lowest BCUT2D eigenvalue weighted by atomic mass is 9.89. The number of rotatable bonds is 4. The number of hydrogen-bond acceptors (Lipinski definition) is 3. The molecule has 1 saturated carbocycles. The summed E-state index contributed by atoms with van der Waals surface area (Å²) in [5.41, 5.74) is 7.19. The average molecular weight is 303 g/mol. The van der Waals surface area contributed by atoms with Crippen molar-refractivity contribution in [2.75, 3.05) is 6.61 Å². The molecule has 0 amide bonds. The summed E-state index contributed by atoms with van der Waals surface area (Å²) in [4.78, 5) is 4.65. The third-order valence-electron chi connectivity index (χ3n) is 4.13. The number of nitrogens with one attached hydrogen (secondary N) is 1. The lowest BCUT2D eigenvalue weighted by molar-refractivity contribution is -0.0466. The second-order valence-electron chi connectivity index (χ2n) is 6.32. The van der Waals surface area contributed by atoms with Crippen molar-refractivity contribution in [3.05, 3.63) is 29.8 Å². The van der Waals surface area contributed by atoms with Crippen LogP contribution >= 0.6 is 0 Å². The molecular formula is C17H25N3O2. The van der Waals surface area contributed by atoms with Crippen molar-refractivity contribution in [3.8, 4) is 5.75 Å². The number of aliphatic imine (C=N–C) groups is 1. The number of benzene rings is 1. The summed E-state index contributed by atoms with van der Waals surface area (Å²) in [6.45, 7) is 4.82. The molecule has 1 atom stereocenters. The van der Waals surface area contributed by atoms with Crippen LogP contribution in [0.15, 0.2) is 29.3 Å². The van der Waals surface area contributed by atoms with Crippen LogP contribution < -0.4 is 15.8 Å². The zero-order valence-electron chi connectivity index (χ0n) is 13.3. The number of hydrogen-bond donors (Lipinski definition) is 2. The van der Waals surface area contributed by atoms with Crippen molar-refractivity contribution in [2.45, 2.75) is 57.4 Å². The summed E-state index contributed by atoms with van der Waals surface area (Å²) >= 11 is 0. The molecule has 0 radical (unpaired) electrons. The fourth-order valence-corrected chi connectivity index (χ4v) is 3.05. The zero-order valence-corrected chi connectivity index (χ0v) is 13.3. The third-order valence-corrected chi connectivity index (χ3v) is 4.13. The van der Waals surface area contributed by atoms with Gasteiger partial charge < -0.3 is 20.5 Å². The highest BCUT2D eigenvalue weighted by Crippen LogP contribution is 2.34. The summed E-state index contributed by atoms with van der Waals surface area (Å²) in [5.74, 6) is 1.44. The van der Waals surface area contributed by atoms with Crippen molar-refractivity contribution >= 4 is 5.96 Å². The fourth-order valence-electron chi connectivity index (χ4n) is 3.05. The van der Waals surface area contributed by atoms with E-state index in [0.717, 1.165) is 30.6 Å². The van der Waals surface area contributed by atoms with Crippen LogP contribution in [-0.4, -0.2) is 30.8 Å². The molecule has 3 rings (SSSR count). The molecule has 1 aromatic rings. The van der Waals surface area contributed by atoms with Crippen LogP contribution in [0.3, 0.4) is 0 Å². The van der Waals surface area contributed by atoms with Crippen LogP contribution in [0.4, 0.5) is 0 Å². The van der Waals surface area contributed by atoms with E-state index in [-0.39, 0.29) is 12.1 Å². The van der Waals surface area contributed by atoms with E-state index in [1.54, 1.807) is 0 Å². The molecule has 1 heterocycles. The molecule has 3 N–H and O–H groups in total. The van der Waals surface area contributed by atoms with Crippen LogP contribution in [0.25, 0.3) is 0 Å². The molecule has 120 valence electrons. The molecule has 1 unspecified atom stereocenters. The maximum atomic E-state index is 6.08. The number of para-hydroxylation sites is 1. The predicted octanol–water partition coefficient (Wildman–Crippen LogP) is 2.37. The molecule has 0 aromatic heterocycles. The van der Waals surface area contributed by atoms with E-state index in [1.807, 2.05) is 18.2 Å². The van der Waals surface area contributed by atoms with E-state index in [9.17, 15) is 0 Å². The van der Waals surface area contributed by atoms with E-state index < -0.39 is 0 Å². The Kier molecular flexibility index (Phi) is 4.52. The maximum absolute atomic E-state index is 6.08. The molecule has 22 heavy (non-hydrogen) atoms. The third kappa shape index (κ3) is 3.53. The number of fused-ring (bicyclic) bond motifs is 1. The molecule has 1 fully saturated rings. The lowest BCUT2D eigenvalue weighted by Gasteiger charge is -2.37. The van der Waals surface area contributed by atoms with Crippen molar-refractivity contribution < 1.29 is 9.47 Å². The van der Waals surface area contributed by atoms with E-state index in [2.05, 4.69) is 30.2 Å². The highest BCUT2D eigenvalue weighted by molar-refractivity contribution is 5.78. The second-order valence-corrected chi connectivity index (χ2v) is 6.32. The number of nitrogens with zero attached hydrogens (tertiary/aromatic N) is 1. The molecule has 1 aliphatic carbocycles. The van der Waals surface area contributed by atoms with Gasteiger partial charge in [0, 0.05) is 18.0 Å². The van der Waals surface area contributed by atoms with Crippen molar-refractivity contribution in [1.82, 2.24) is 5.32 Å². The molecule has 1 aliphatic heterocycles. The molecule has 2 aliphatic rings. The predicted molar refractivity (Wildman–Crippen MR) is 87.1 cm³/mol. The monoisotopic (exact) mass is 303 g/mol. The summed E-state index contributed by atoms with van der Waals surface area (Å²) < 4.78 is 11.4. The largest absolute Gasteiger partial charge is 0.493 e. The average Bonchev–Trinajstić information content (AvgIpc) is 2.45. The molecular weight excluding hydrogens is 278 g/mol. The van der Waals surface area contributed by atoms with Gasteiger partial charge in [-0.3, -0.25) is 0 Å². The number of guanidine groups is 1. The van der Waals surface area contributed by atoms with Gasteiger partial charge in [0.05, 0.1) is 24.9 Å². The number of nitrogens with two attached hydrogens (primary N) is 1. The Balaban J connectivity index is 1.55. The molecule has 0 spiro atoms. The van der Waals surface area contributed by atoms with Gasteiger partial charge in [-0.05, 0) is 32.8 Å². The first kappa shape index (κ1) is 15.2. The van der Waals surface area contributed by atoms with Crippen LogP contribution in [0, 0.1) is 0 Å². The maximum Gasteiger partial charge on any atom is 0.189 e. The van der Waals surface area contributed by atoms with Crippen LogP contribution in [-0.2, 0) is 4.74 Å². The van der Waals surface area contributed by atoms with Crippen LogP contribution in [0.2, 0.25) is 0 Å². The van der Waals surface area contributed by atoms with E-state index >= 15 is 0 Å². The summed E-state index contributed by atoms with van der Waals surface area (Å²) in [7, 11) is 0. The number of ether oxygens (including phenoxy) is 2. The topological polar surface area (TPSA) is 68.9 Å². The standard InChI is InChI=1S/C17H25N3O2/c1-11(2)22-13-9-12(10-13)19-17(18)20-15-7-8-21-16-6-4-3-5-14(15)16/h3-6,11-13,15H,7-10H2,1-2H3,(H3,18,19,20). The van der Waals surface area contributed by atoms with Crippen molar-refractivity contribution in [2.24, 2.45) is 10.7 Å². The SMILES string of the molecule is CC(C)OC1CC(NC(N)=NC2CCOc3ccccc32)C1. The van der Waals surface area contributed by atoms with Gasteiger partial charge in [0.2, 0.25) is 0 Å². The van der Waals surface area contributed by atoms with Crippen LogP contribution in [0.5, 0.6) is 5.75 Å². The Hall–Kier alpha value is -1.75. The highest BCUT2D eigenvalue weighted by Gasteiger charge is 2.31. The zero-order chi connectivity index (χ0) is 15.5. The fraction of sp³-hybridized carbons (Fsp3) is 0.588. The first-order chi connectivity index (χ1) is 10.6. The minimum Gasteiger partial charge on any atom is -0.493 e. The minimum atomic E-state index is 0.0836. The summed E-state index contributed by atoms with van der Waals surface area (Å²) in [6, 6.07) is 8.50. The normalized spacial score (nSPS) is 27.8. The van der Waals surface area contributed by atoms with E-state index in [4.69, 9.17) is 15.2 Å². The molecule has 5 heteroatoms. The smallest absolute Gasteiger partial charge is 0.189 e. The molecule has 5 nitrogen and oxygen atoms in total. The summed E-state index contributed by atoms with van der Waals surface area (Å²) in [6.07, 6.45) is 3.51. The Morgan fingerprint density at radius 3 is 2.91 bits per heavy atom. The molecule has 0 bridgehead atoms. The van der Waals surface area contributed by atoms with Crippen molar-refractivity contribution in [3.63, 3.8) is 0 Å². The Bertz CT molecular complexity index is 538. The van der Waals surface area contributed by atoms with Gasteiger partial charge in [-0.25, -0.2) is 4.99 Å². The quantitative estimate of drug-likeness (QED) is 0.662. The van der Waals surface area contributed by atoms with E-state index in [0.29, 0.717) is 24.7 Å². The van der Waals surface area contributed by atoms with Crippen molar-refractivity contribution in [1.29, 1.82) is 0 Å². The Labute approximate surface area is 131 Å². The van der Waals surface area contributed by atoms with Gasteiger partial charge in [0.15, 0.2) is 5.96 Å². The highest BCUT2D eigenvalue weighted by atomic mass is 16.5. The van der Waals surface area contributed by atoms with Gasteiger partial charge >= 0.3 is 0 Å². The van der Waals surface area contributed by atoms with Gasteiger partial charge in [-0.15, -0.1) is 0 Å². The van der Waals surface area contributed by atoms with E-state index in [1.165, 1.54) is 0 Å². The van der Waals surface area contributed by atoms with Crippen LogP contribution in [0.1, 0.15) is 44.7 Å². The molecule has 0 saturated heterocycles. The summed E-state index contributed by atoms with van der Waals surface area (Å²) in [5, 5.41) is 3.30. The first-order valence-electron chi connectivity index (χ1n) is 8.09. The van der Waals surface area contributed by atoms with Gasteiger partial charge in [0.1, 0.15) is 5.75 Å².